The molecule has 0 saturated heterocycles. The van der Waals surface area contributed by atoms with E-state index < -0.39 is 6.10 Å². The lowest BCUT2D eigenvalue weighted by Gasteiger charge is -2.18. The van der Waals surface area contributed by atoms with E-state index in [0.717, 1.165) is 96.3 Å². The van der Waals surface area contributed by atoms with Crippen molar-refractivity contribution >= 4 is 17.9 Å². The van der Waals surface area contributed by atoms with Crippen LogP contribution in [0.1, 0.15) is 335 Å². The molecule has 6 heteroatoms. The summed E-state index contributed by atoms with van der Waals surface area (Å²) in [7, 11) is 0. The molecule has 0 aliphatic rings. The molecule has 450 valence electrons. The Morgan fingerprint density at radius 3 is 0.795 bits per heavy atom. The first-order chi connectivity index (χ1) is 38.5. The first kappa shape index (κ1) is 74.6. The third-order valence-corrected chi connectivity index (χ3v) is 14.6. The van der Waals surface area contributed by atoms with E-state index in [9.17, 15) is 14.4 Å². The van der Waals surface area contributed by atoms with Crippen LogP contribution in [0.2, 0.25) is 0 Å². The van der Waals surface area contributed by atoms with E-state index in [1.54, 1.807) is 0 Å². The lowest BCUT2D eigenvalue weighted by molar-refractivity contribution is -0.167. The monoisotopic (exact) mass is 1090 g/mol. The van der Waals surface area contributed by atoms with Gasteiger partial charge in [0.1, 0.15) is 13.2 Å². The Kier molecular flexibility index (Phi) is 63.2. The Balaban J connectivity index is 4.28. The minimum absolute atomic E-state index is 0.0752. The molecule has 0 rings (SSSR count). The van der Waals surface area contributed by atoms with Crippen molar-refractivity contribution in [3.8, 4) is 0 Å². The van der Waals surface area contributed by atoms with E-state index in [2.05, 4.69) is 106 Å². The van der Waals surface area contributed by atoms with Crippen molar-refractivity contribution in [1.82, 2.24) is 0 Å². The molecule has 1 unspecified atom stereocenters. The number of unbranched alkanes of at least 4 members (excludes halogenated alkanes) is 36. The zero-order chi connectivity index (χ0) is 56.4. The van der Waals surface area contributed by atoms with Gasteiger partial charge in [-0.05, 0) is 96.3 Å². The summed E-state index contributed by atoms with van der Waals surface area (Å²) in [4.78, 5) is 38.4. The van der Waals surface area contributed by atoms with Crippen LogP contribution in [0, 0.1) is 0 Å². The predicted octanol–water partition coefficient (Wildman–Crippen LogP) is 23.1. The van der Waals surface area contributed by atoms with Gasteiger partial charge in [-0.25, -0.2) is 0 Å². The van der Waals surface area contributed by atoms with E-state index in [0.29, 0.717) is 19.3 Å². The van der Waals surface area contributed by atoms with E-state index in [4.69, 9.17) is 14.2 Å². The van der Waals surface area contributed by atoms with Gasteiger partial charge in [0.05, 0.1) is 0 Å². The van der Waals surface area contributed by atoms with Crippen LogP contribution in [0.4, 0.5) is 0 Å². The molecular formula is C72H126O6. The van der Waals surface area contributed by atoms with Gasteiger partial charge in [-0.1, -0.05) is 305 Å². The fourth-order valence-corrected chi connectivity index (χ4v) is 9.62. The highest BCUT2D eigenvalue weighted by Crippen LogP contribution is 2.17. The third-order valence-electron chi connectivity index (χ3n) is 14.6. The standard InChI is InChI=1S/C72H126O6/c1-4-7-10-13-16-19-22-25-28-30-31-32-33-34-35-36-37-38-39-40-41-43-44-47-50-53-56-59-62-65-71(74)77-68-69(67-76-70(73)64-61-58-55-52-49-46-27-24-21-18-15-12-9-6-3)78-72(75)66-63-60-57-54-51-48-45-42-29-26-23-20-17-14-11-8-5-2/h7,10,16,19,25-26,28-29,31-32,34-35,37-38,69H,4-6,8-9,11-15,17-18,20-24,27,30,33,36,39-68H2,1-3H3/b10-7-,19-16-,28-25-,29-26-,32-31-,35-34-,38-37-. The molecule has 0 aliphatic heterocycles. The lowest BCUT2D eigenvalue weighted by Crippen LogP contribution is -2.30. The highest BCUT2D eigenvalue weighted by atomic mass is 16.6. The number of hydrogen-bond acceptors (Lipinski definition) is 6. The van der Waals surface area contributed by atoms with E-state index >= 15 is 0 Å². The Bertz CT molecular complexity index is 1480. The van der Waals surface area contributed by atoms with Crippen molar-refractivity contribution in [2.75, 3.05) is 13.2 Å². The second-order valence-electron chi connectivity index (χ2n) is 22.4. The van der Waals surface area contributed by atoms with Crippen molar-refractivity contribution in [2.45, 2.75) is 341 Å². The molecule has 0 aromatic heterocycles. The van der Waals surface area contributed by atoms with Gasteiger partial charge in [-0.15, -0.1) is 0 Å². The first-order valence-electron chi connectivity index (χ1n) is 33.6. The maximum atomic E-state index is 12.9. The van der Waals surface area contributed by atoms with Gasteiger partial charge in [-0.2, -0.15) is 0 Å². The topological polar surface area (TPSA) is 78.9 Å². The van der Waals surface area contributed by atoms with Crippen molar-refractivity contribution in [3.63, 3.8) is 0 Å². The maximum absolute atomic E-state index is 12.9. The molecule has 78 heavy (non-hydrogen) atoms. The lowest BCUT2D eigenvalue weighted by atomic mass is 10.0. The average Bonchev–Trinajstić information content (AvgIpc) is 3.44. The summed E-state index contributed by atoms with van der Waals surface area (Å²) in [6.45, 7) is 6.56. The van der Waals surface area contributed by atoms with E-state index in [-0.39, 0.29) is 31.1 Å². The summed E-state index contributed by atoms with van der Waals surface area (Å²) in [6, 6.07) is 0. The molecule has 0 aromatic carbocycles. The smallest absolute Gasteiger partial charge is 0.306 e. The van der Waals surface area contributed by atoms with Crippen LogP contribution in [0.15, 0.2) is 85.1 Å². The van der Waals surface area contributed by atoms with Crippen LogP contribution >= 0.6 is 0 Å². The second kappa shape index (κ2) is 66.1. The molecule has 0 aromatic rings. The summed E-state index contributed by atoms with van der Waals surface area (Å²) in [5.41, 5.74) is 0. The SMILES string of the molecule is CC/C=C\C/C=C\C/C=C\C/C=C\C/C=C\C/C=C\CCCCCCCCCCCCC(=O)OCC(COC(=O)CCCCCCCCCCCCCCCC)OC(=O)CCCCCCCCC/C=C\CCCCCCCC. The van der Waals surface area contributed by atoms with Gasteiger partial charge < -0.3 is 14.2 Å². The Labute approximate surface area is 484 Å². The molecule has 0 amide bonds. The molecule has 0 fully saturated rings. The molecule has 0 aliphatic carbocycles. The van der Waals surface area contributed by atoms with Crippen molar-refractivity contribution in [1.29, 1.82) is 0 Å². The molecule has 1 atom stereocenters. The Hall–Kier alpha value is -3.41. The molecule has 0 heterocycles. The van der Waals surface area contributed by atoms with E-state index in [1.165, 1.54) is 199 Å². The van der Waals surface area contributed by atoms with Crippen molar-refractivity contribution in [3.05, 3.63) is 85.1 Å². The fourth-order valence-electron chi connectivity index (χ4n) is 9.62. The van der Waals surface area contributed by atoms with E-state index in [1.807, 2.05) is 0 Å². The second-order valence-corrected chi connectivity index (χ2v) is 22.4. The Morgan fingerprint density at radius 1 is 0.269 bits per heavy atom. The quantitative estimate of drug-likeness (QED) is 0.0261. The van der Waals surface area contributed by atoms with Crippen LogP contribution < -0.4 is 0 Å². The summed E-state index contributed by atoms with van der Waals surface area (Å²) < 4.78 is 17.0. The van der Waals surface area contributed by atoms with Gasteiger partial charge in [0.2, 0.25) is 0 Å². The van der Waals surface area contributed by atoms with Gasteiger partial charge >= 0.3 is 17.9 Å². The number of allylic oxidation sites excluding steroid dienone is 14. The van der Waals surface area contributed by atoms with Crippen LogP contribution in [-0.2, 0) is 28.6 Å². The number of rotatable bonds is 61. The zero-order valence-corrected chi connectivity index (χ0v) is 51.7. The number of ether oxygens (including phenoxy) is 3. The normalized spacial score (nSPS) is 12.6. The zero-order valence-electron chi connectivity index (χ0n) is 51.7. The van der Waals surface area contributed by atoms with Crippen molar-refractivity contribution < 1.29 is 28.6 Å². The van der Waals surface area contributed by atoms with Crippen molar-refractivity contribution in [2.24, 2.45) is 0 Å². The highest BCUT2D eigenvalue weighted by molar-refractivity contribution is 5.71. The third kappa shape index (κ3) is 63.4. The van der Waals surface area contributed by atoms with Gasteiger partial charge in [0.25, 0.3) is 0 Å². The summed E-state index contributed by atoms with van der Waals surface area (Å²) in [5, 5.41) is 0. The first-order valence-corrected chi connectivity index (χ1v) is 33.6. The summed E-state index contributed by atoms with van der Waals surface area (Å²) in [5.74, 6) is -0.868. The maximum Gasteiger partial charge on any atom is 0.306 e. The van der Waals surface area contributed by atoms with Gasteiger partial charge in [0, 0.05) is 19.3 Å². The minimum Gasteiger partial charge on any atom is -0.462 e. The number of carbonyl (C=O) groups is 3. The molecule has 0 saturated carbocycles. The van der Waals surface area contributed by atoms with Gasteiger partial charge in [-0.3, -0.25) is 14.4 Å². The Morgan fingerprint density at radius 2 is 0.500 bits per heavy atom. The molecular weight excluding hydrogens is 961 g/mol. The largest absolute Gasteiger partial charge is 0.462 e. The van der Waals surface area contributed by atoms with Crippen LogP contribution in [0.5, 0.6) is 0 Å². The molecule has 0 spiro atoms. The van der Waals surface area contributed by atoms with Crippen LogP contribution in [-0.4, -0.2) is 37.2 Å². The highest BCUT2D eigenvalue weighted by Gasteiger charge is 2.19. The molecule has 0 radical (unpaired) electrons. The number of carbonyl (C=O) groups excluding carboxylic acids is 3. The van der Waals surface area contributed by atoms with Crippen LogP contribution in [0.25, 0.3) is 0 Å². The average molecular weight is 1090 g/mol. The van der Waals surface area contributed by atoms with Gasteiger partial charge in [0.15, 0.2) is 6.10 Å². The molecule has 0 N–H and O–H groups in total. The fraction of sp³-hybridized carbons (Fsp3) is 0.764. The minimum atomic E-state index is -0.779. The summed E-state index contributed by atoms with van der Waals surface area (Å²) in [6.07, 6.45) is 87.3. The predicted molar refractivity (Wildman–Crippen MR) is 339 cm³/mol. The molecule has 0 bridgehead atoms. The number of hydrogen-bond donors (Lipinski definition) is 0. The summed E-state index contributed by atoms with van der Waals surface area (Å²) >= 11 is 0. The number of esters is 3. The van der Waals surface area contributed by atoms with Crippen LogP contribution in [0.3, 0.4) is 0 Å². The molecule has 6 nitrogen and oxygen atoms in total.